The molecule has 2 heteroatoms. The van der Waals surface area contributed by atoms with Crippen LogP contribution in [0, 0.1) is 5.92 Å². The average Bonchev–Trinajstić information content (AvgIpc) is 2.40. The molecule has 2 aliphatic carbocycles. The highest BCUT2D eigenvalue weighted by Crippen LogP contribution is 2.33. The molecule has 0 aromatic heterocycles. The minimum Gasteiger partial charge on any atom is -0.490 e. The Balaban J connectivity index is 1.73. The van der Waals surface area contributed by atoms with Gasteiger partial charge in [-0.2, -0.15) is 0 Å². The van der Waals surface area contributed by atoms with E-state index in [0.717, 1.165) is 18.1 Å². The minimum absolute atomic E-state index is 0.206. The Kier molecular flexibility index (Phi) is 3.79. The predicted octanol–water partition coefficient (Wildman–Crippen LogP) is 3.98. The fourth-order valence-corrected chi connectivity index (χ4v) is 3.57. The zero-order valence-electron chi connectivity index (χ0n) is 11.9. The van der Waals surface area contributed by atoms with E-state index in [4.69, 9.17) is 10.5 Å². The Labute approximate surface area is 116 Å². The van der Waals surface area contributed by atoms with Crippen LogP contribution in [0.4, 0.5) is 0 Å². The van der Waals surface area contributed by atoms with E-state index in [-0.39, 0.29) is 6.04 Å². The third-order valence-corrected chi connectivity index (χ3v) is 4.67. The highest BCUT2D eigenvalue weighted by molar-refractivity contribution is 5.39. The second-order valence-electron chi connectivity index (χ2n) is 6.37. The van der Waals surface area contributed by atoms with Crippen LogP contribution in [0.3, 0.4) is 0 Å². The van der Waals surface area contributed by atoms with Crippen molar-refractivity contribution in [3.63, 3.8) is 0 Å². The topological polar surface area (TPSA) is 35.2 Å². The fourth-order valence-electron chi connectivity index (χ4n) is 3.57. The molecule has 2 nitrogen and oxygen atoms in total. The molecule has 0 spiro atoms. The molecule has 0 heterocycles. The van der Waals surface area contributed by atoms with E-state index in [9.17, 15) is 0 Å². The van der Waals surface area contributed by atoms with Gasteiger partial charge in [0.25, 0.3) is 0 Å². The van der Waals surface area contributed by atoms with Crippen LogP contribution >= 0.6 is 0 Å². The Bertz CT molecular complexity index is 443. The lowest BCUT2D eigenvalue weighted by atomic mass is 9.87. The first kappa shape index (κ1) is 13.0. The van der Waals surface area contributed by atoms with Crippen LogP contribution in [0.1, 0.15) is 62.6 Å². The average molecular weight is 259 g/mol. The monoisotopic (exact) mass is 259 g/mol. The first-order valence-corrected chi connectivity index (χ1v) is 7.77. The molecule has 0 radical (unpaired) electrons. The predicted molar refractivity (Wildman–Crippen MR) is 78.4 cm³/mol. The second kappa shape index (κ2) is 5.54. The summed E-state index contributed by atoms with van der Waals surface area (Å²) in [6.07, 6.45) is 8.96. The number of ether oxygens (including phenoxy) is 1. The molecular formula is C17H25NO. The van der Waals surface area contributed by atoms with E-state index in [0.29, 0.717) is 6.10 Å². The van der Waals surface area contributed by atoms with Crippen molar-refractivity contribution in [1.29, 1.82) is 0 Å². The summed E-state index contributed by atoms with van der Waals surface area (Å²) < 4.78 is 6.18. The maximum absolute atomic E-state index is 6.21. The van der Waals surface area contributed by atoms with Gasteiger partial charge in [-0.25, -0.2) is 0 Å². The van der Waals surface area contributed by atoms with Crippen molar-refractivity contribution in [3.8, 4) is 5.75 Å². The molecule has 0 saturated heterocycles. The first-order chi connectivity index (χ1) is 9.22. The van der Waals surface area contributed by atoms with Gasteiger partial charge in [0, 0.05) is 6.04 Å². The molecule has 1 aromatic carbocycles. The zero-order chi connectivity index (χ0) is 13.2. The van der Waals surface area contributed by atoms with Gasteiger partial charge >= 0.3 is 0 Å². The van der Waals surface area contributed by atoms with Crippen LogP contribution in [-0.4, -0.2) is 6.10 Å². The molecule has 3 atom stereocenters. The van der Waals surface area contributed by atoms with Gasteiger partial charge in [0.15, 0.2) is 0 Å². The highest BCUT2D eigenvalue weighted by Gasteiger charge is 2.22. The van der Waals surface area contributed by atoms with Crippen LogP contribution in [0.2, 0.25) is 0 Å². The number of rotatable bonds is 2. The molecule has 2 unspecified atom stereocenters. The maximum Gasteiger partial charge on any atom is 0.120 e. The number of benzene rings is 1. The zero-order valence-corrected chi connectivity index (χ0v) is 11.9. The lowest BCUT2D eigenvalue weighted by molar-refractivity contribution is 0.129. The van der Waals surface area contributed by atoms with Gasteiger partial charge in [-0.15, -0.1) is 0 Å². The van der Waals surface area contributed by atoms with Gasteiger partial charge < -0.3 is 10.5 Å². The summed E-state index contributed by atoms with van der Waals surface area (Å²) in [6.45, 7) is 2.33. The van der Waals surface area contributed by atoms with E-state index in [1.54, 1.807) is 0 Å². The smallest absolute Gasteiger partial charge is 0.120 e. The lowest BCUT2D eigenvalue weighted by Crippen LogP contribution is -2.24. The van der Waals surface area contributed by atoms with Gasteiger partial charge in [0.2, 0.25) is 0 Å². The molecule has 1 saturated carbocycles. The van der Waals surface area contributed by atoms with Crippen LogP contribution in [0.5, 0.6) is 5.75 Å². The third kappa shape index (κ3) is 2.94. The van der Waals surface area contributed by atoms with Crippen molar-refractivity contribution in [1.82, 2.24) is 0 Å². The maximum atomic E-state index is 6.21. The molecule has 1 fully saturated rings. The van der Waals surface area contributed by atoms with Crippen LogP contribution in [0.25, 0.3) is 0 Å². The van der Waals surface area contributed by atoms with Gasteiger partial charge in [0.1, 0.15) is 5.75 Å². The Hall–Kier alpha value is -1.02. The normalized spacial score (nSPS) is 30.7. The quantitative estimate of drug-likeness (QED) is 0.872. The van der Waals surface area contributed by atoms with Crippen molar-refractivity contribution in [2.75, 3.05) is 0 Å². The number of hydrogen-bond donors (Lipinski definition) is 1. The second-order valence-corrected chi connectivity index (χ2v) is 6.37. The van der Waals surface area contributed by atoms with E-state index < -0.39 is 0 Å². The van der Waals surface area contributed by atoms with E-state index >= 15 is 0 Å². The highest BCUT2D eigenvalue weighted by atomic mass is 16.5. The van der Waals surface area contributed by atoms with Gasteiger partial charge in [-0.05, 0) is 67.7 Å². The molecule has 1 aromatic rings. The van der Waals surface area contributed by atoms with Crippen molar-refractivity contribution in [3.05, 3.63) is 29.3 Å². The summed E-state index contributed by atoms with van der Waals surface area (Å²) in [4.78, 5) is 0. The molecule has 2 aliphatic rings. The number of aryl methyl sites for hydroxylation is 1. The minimum atomic E-state index is 0.206. The summed E-state index contributed by atoms with van der Waals surface area (Å²) in [5, 5.41) is 0. The molecule has 0 amide bonds. The van der Waals surface area contributed by atoms with Crippen LogP contribution in [-0.2, 0) is 6.42 Å². The molecule has 0 aliphatic heterocycles. The SMILES string of the molecule is CC1CCCC(Oc2ccc3c(c2)[C@@H](N)CCC3)C1. The summed E-state index contributed by atoms with van der Waals surface area (Å²) in [7, 11) is 0. The standard InChI is InChI=1S/C17H25NO/c1-12-4-2-6-14(10-12)19-15-9-8-13-5-3-7-17(18)16(13)11-15/h8-9,11-12,14,17H,2-7,10,18H2,1H3/t12?,14?,17-/m0/s1. The summed E-state index contributed by atoms with van der Waals surface area (Å²) in [5.41, 5.74) is 8.95. The fraction of sp³-hybridized carbons (Fsp3) is 0.647. The number of nitrogens with two attached hydrogens (primary N) is 1. The van der Waals surface area contributed by atoms with E-state index in [2.05, 4.69) is 25.1 Å². The lowest BCUT2D eigenvalue weighted by Gasteiger charge is -2.28. The molecule has 19 heavy (non-hydrogen) atoms. The van der Waals surface area contributed by atoms with Crippen LogP contribution < -0.4 is 10.5 Å². The summed E-state index contributed by atoms with van der Waals surface area (Å²) >= 11 is 0. The van der Waals surface area contributed by atoms with E-state index in [1.165, 1.54) is 49.7 Å². The van der Waals surface area contributed by atoms with Crippen molar-refractivity contribution in [2.45, 2.75) is 64.0 Å². The molecule has 3 rings (SSSR count). The van der Waals surface area contributed by atoms with Crippen molar-refractivity contribution >= 4 is 0 Å². The summed E-state index contributed by atoms with van der Waals surface area (Å²) in [6, 6.07) is 6.75. The van der Waals surface area contributed by atoms with Gasteiger partial charge in [0.05, 0.1) is 6.10 Å². The van der Waals surface area contributed by atoms with E-state index in [1.807, 2.05) is 0 Å². The summed E-state index contributed by atoms with van der Waals surface area (Å²) in [5.74, 6) is 1.83. The van der Waals surface area contributed by atoms with Crippen molar-refractivity contribution < 1.29 is 4.74 Å². The van der Waals surface area contributed by atoms with Gasteiger partial charge in [-0.1, -0.05) is 19.4 Å². The third-order valence-electron chi connectivity index (χ3n) is 4.67. The molecule has 2 N–H and O–H groups in total. The number of fused-ring (bicyclic) bond motifs is 1. The number of hydrogen-bond acceptors (Lipinski definition) is 2. The largest absolute Gasteiger partial charge is 0.490 e. The Morgan fingerprint density at radius 2 is 2.05 bits per heavy atom. The van der Waals surface area contributed by atoms with Crippen molar-refractivity contribution in [2.24, 2.45) is 11.7 Å². The molecule has 104 valence electrons. The Morgan fingerprint density at radius 3 is 2.89 bits per heavy atom. The van der Waals surface area contributed by atoms with Crippen LogP contribution in [0.15, 0.2) is 18.2 Å². The Morgan fingerprint density at radius 1 is 1.16 bits per heavy atom. The molecular weight excluding hydrogens is 234 g/mol. The molecule has 0 bridgehead atoms. The van der Waals surface area contributed by atoms with Gasteiger partial charge in [-0.3, -0.25) is 0 Å². The first-order valence-electron chi connectivity index (χ1n) is 7.77.